The van der Waals surface area contributed by atoms with E-state index in [0.29, 0.717) is 12.2 Å². The Kier molecular flexibility index (Phi) is 3.82. The summed E-state index contributed by atoms with van der Waals surface area (Å²) in [5.41, 5.74) is 0. The van der Waals surface area contributed by atoms with Gasteiger partial charge in [-0.15, -0.1) is 0 Å². The lowest BCUT2D eigenvalue weighted by atomic mass is 9.84. The van der Waals surface area contributed by atoms with E-state index < -0.39 is 0 Å². The van der Waals surface area contributed by atoms with Crippen molar-refractivity contribution in [2.45, 2.75) is 57.7 Å². The van der Waals surface area contributed by atoms with Crippen LogP contribution in [0.5, 0.6) is 0 Å². The second-order valence-corrected chi connectivity index (χ2v) is 4.63. The zero-order valence-electron chi connectivity index (χ0n) is 9.21. The standard InChI is InChI=1S/C12H22O2/c1-2-12(14-9-11-8-13-11)10-6-4-3-5-7-10/h10-12H,2-9H2,1H3. The van der Waals surface area contributed by atoms with Gasteiger partial charge >= 0.3 is 0 Å². The fraction of sp³-hybridized carbons (Fsp3) is 1.00. The molecule has 2 atom stereocenters. The van der Waals surface area contributed by atoms with Crippen LogP contribution < -0.4 is 0 Å². The molecule has 0 spiro atoms. The third kappa shape index (κ3) is 2.96. The van der Waals surface area contributed by atoms with Gasteiger partial charge in [-0.2, -0.15) is 0 Å². The molecule has 2 aliphatic rings. The number of hydrogen-bond acceptors (Lipinski definition) is 2. The van der Waals surface area contributed by atoms with Crippen LogP contribution in [0.15, 0.2) is 0 Å². The Balaban J connectivity index is 1.71. The molecule has 2 unspecified atom stereocenters. The minimum absolute atomic E-state index is 0.424. The summed E-state index contributed by atoms with van der Waals surface area (Å²) in [5, 5.41) is 0. The first kappa shape index (κ1) is 10.4. The van der Waals surface area contributed by atoms with Crippen LogP contribution in [-0.2, 0) is 9.47 Å². The summed E-state index contributed by atoms with van der Waals surface area (Å²) in [6, 6.07) is 0. The van der Waals surface area contributed by atoms with E-state index in [2.05, 4.69) is 6.92 Å². The number of hydrogen-bond donors (Lipinski definition) is 0. The normalized spacial score (nSPS) is 30.2. The Bertz CT molecular complexity index is 160. The summed E-state index contributed by atoms with van der Waals surface area (Å²) in [4.78, 5) is 0. The van der Waals surface area contributed by atoms with Gasteiger partial charge in [0.25, 0.3) is 0 Å². The SMILES string of the molecule is CCC(OCC1CO1)C1CCCCC1. The van der Waals surface area contributed by atoms with Crippen molar-refractivity contribution in [3.8, 4) is 0 Å². The molecule has 0 amide bonds. The van der Waals surface area contributed by atoms with Gasteiger partial charge in [-0.25, -0.2) is 0 Å². The Hall–Kier alpha value is -0.0800. The van der Waals surface area contributed by atoms with Gasteiger partial charge in [-0.3, -0.25) is 0 Å². The molecule has 14 heavy (non-hydrogen) atoms. The van der Waals surface area contributed by atoms with E-state index in [-0.39, 0.29) is 0 Å². The van der Waals surface area contributed by atoms with Crippen molar-refractivity contribution in [1.82, 2.24) is 0 Å². The van der Waals surface area contributed by atoms with Gasteiger partial charge < -0.3 is 9.47 Å². The third-order valence-corrected chi connectivity index (χ3v) is 3.48. The highest BCUT2D eigenvalue weighted by Gasteiger charge is 2.27. The Labute approximate surface area is 87.0 Å². The zero-order valence-corrected chi connectivity index (χ0v) is 9.21. The molecule has 1 heterocycles. The first-order chi connectivity index (χ1) is 6.90. The lowest BCUT2D eigenvalue weighted by Gasteiger charge is -2.29. The van der Waals surface area contributed by atoms with Gasteiger partial charge in [0.2, 0.25) is 0 Å². The summed E-state index contributed by atoms with van der Waals surface area (Å²) in [7, 11) is 0. The maximum atomic E-state index is 5.93. The second kappa shape index (κ2) is 5.13. The topological polar surface area (TPSA) is 21.8 Å². The van der Waals surface area contributed by atoms with Crippen molar-refractivity contribution in [1.29, 1.82) is 0 Å². The molecule has 0 aromatic rings. The van der Waals surface area contributed by atoms with Crippen LogP contribution in [0.1, 0.15) is 45.4 Å². The first-order valence-corrected chi connectivity index (χ1v) is 6.13. The molecule has 0 bridgehead atoms. The van der Waals surface area contributed by atoms with Gasteiger partial charge in [0.15, 0.2) is 0 Å². The van der Waals surface area contributed by atoms with Crippen molar-refractivity contribution in [3.05, 3.63) is 0 Å². The second-order valence-electron chi connectivity index (χ2n) is 4.63. The molecule has 1 saturated carbocycles. The van der Waals surface area contributed by atoms with E-state index in [1.807, 2.05) is 0 Å². The van der Waals surface area contributed by atoms with Crippen LogP contribution in [0.3, 0.4) is 0 Å². The minimum Gasteiger partial charge on any atom is -0.375 e. The van der Waals surface area contributed by atoms with Gasteiger partial charge in [-0.1, -0.05) is 26.2 Å². The molecule has 2 rings (SSSR count). The molecule has 0 radical (unpaired) electrons. The van der Waals surface area contributed by atoms with Crippen LogP contribution >= 0.6 is 0 Å². The summed E-state index contributed by atoms with van der Waals surface area (Å²) >= 11 is 0. The zero-order chi connectivity index (χ0) is 9.80. The highest BCUT2D eigenvalue weighted by Crippen LogP contribution is 2.29. The minimum atomic E-state index is 0.424. The molecule has 1 aliphatic heterocycles. The third-order valence-electron chi connectivity index (χ3n) is 3.48. The van der Waals surface area contributed by atoms with E-state index in [1.165, 1.54) is 32.1 Å². The van der Waals surface area contributed by atoms with Crippen LogP contribution in [0.25, 0.3) is 0 Å². The summed E-state index contributed by atoms with van der Waals surface area (Å²) in [6.45, 7) is 3.99. The Morgan fingerprint density at radius 2 is 2.00 bits per heavy atom. The van der Waals surface area contributed by atoms with E-state index in [1.54, 1.807) is 0 Å². The maximum absolute atomic E-state index is 5.93. The molecule has 1 aliphatic carbocycles. The molecule has 0 aromatic carbocycles. The van der Waals surface area contributed by atoms with E-state index >= 15 is 0 Å². The fourth-order valence-electron chi connectivity index (χ4n) is 2.49. The molecule has 2 fully saturated rings. The first-order valence-electron chi connectivity index (χ1n) is 6.13. The predicted molar refractivity (Wildman–Crippen MR) is 56.3 cm³/mol. The van der Waals surface area contributed by atoms with Crippen molar-refractivity contribution in [3.63, 3.8) is 0 Å². The molecular weight excluding hydrogens is 176 g/mol. The molecule has 0 aromatic heterocycles. The number of epoxide rings is 1. The Morgan fingerprint density at radius 1 is 1.29 bits per heavy atom. The van der Waals surface area contributed by atoms with E-state index in [0.717, 1.165) is 25.6 Å². The average Bonchev–Trinajstić information content (AvgIpc) is 3.04. The van der Waals surface area contributed by atoms with Crippen molar-refractivity contribution >= 4 is 0 Å². The van der Waals surface area contributed by atoms with Crippen molar-refractivity contribution in [2.24, 2.45) is 5.92 Å². The lowest BCUT2D eigenvalue weighted by molar-refractivity contribution is -0.00842. The van der Waals surface area contributed by atoms with Crippen LogP contribution in [0, 0.1) is 5.92 Å². The lowest BCUT2D eigenvalue weighted by Crippen LogP contribution is -2.27. The van der Waals surface area contributed by atoms with Crippen molar-refractivity contribution in [2.75, 3.05) is 13.2 Å². The summed E-state index contributed by atoms with van der Waals surface area (Å²) in [5.74, 6) is 0.826. The van der Waals surface area contributed by atoms with Crippen molar-refractivity contribution < 1.29 is 9.47 Å². The fourth-order valence-corrected chi connectivity index (χ4v) is 2.49. The van der Waals surface area contributed by atoms with Crippen LogP contribution in [-0.4, -0.2) is 25.4 Å². The van der Waals surface area contributed by atoms with E-state index in [9.17, 15) is 0 Å². The monoisotopic (exact) mass is 198 g/mol. The molecule has 2 heteroatoms. The quantitative estimate of drug-likeness (QED) is 0.634. The summed E-state index contributed by atoms with van der Waals surface area (Å²) in [6.07, 6.45) is 9.09. The van der Waals surface area contributed by atoms with Gasteiger partial charge in [-0.05, 0) is 25.2 Å². The molecule has 1 saturated heterocycles. The highest BCUT2D eigenvalue weighted by molar-refractivity contribution is 4.75. The van der Waals surface area contributed by atoms with Crippen LogP contribution in [0.4, 0.5) is 0 Å². The van der Waals surface area contributed by atoms with E-state index in [4.69, 9.17) is 9.47 Å². The maximum Gasteiger partial charge on any atom is 0.104 e. The van der Waals surface area contributed by atoms with Crippen LogP contribution in [0.2, 0.25) is 0 Å². The van der Waals surface area contributed by atoms with Gasteiger partial charge in [0.05, 0.1) is 19.3 Å². The van der Waals surface area contributed by atoms with Gasteiger partial charge in [0.1, 0.15) is 6.10 Å². The molecule has 2 nitrogen and oxygen atoms in total. The molecular formula is C12H22O2. The number of ether oxygens (including phenoxy) is 2. The average molecular weight is 198 g/mol. The Morgan fingerprint density at radius 3 is 2.57 bits per heavy atom. The smallest absolute Gasteiger partial charge is 0.104 e. The summed E-state index contributed by atoms with van der Waals surface area (Å²) < 4.78 is 11.1. The predicted octanol–water partition coefficient (Wildman–Crippen LogP) is 2.76. The highest BCUT2D eigenvalue weighted by atomic mass is 16.6. The van der Waals surface area contributed by atoms with Gasteiger partial charge in [0, 0.05) is 0 Å². The molecule has 0 N–H and O–H groups in total. The largest absolute Gasteiger partial charge is 0.375 e. The number of rotatable bonds is 5. The molecule has 82 valence electrons.